The van der Waals surface area contributed by atoms with E-state index in [1.165, 1.54) is 5.56 Å². The molecule has 2 aromatic carbocycles. The Morgan fingerprint density at radius 1 is 1.09 bits per heavy atom. The number of cyclic esters (lactones) is 1. The summed E-state index contributed by atoms with van der Waals surface area (Å²) in [5.41, 5.74) is 2.24. The van der Waals surface area contributed by atoms with Crippen LogP contribution in [0.3, 0.4) is 0 Å². The smallest absolute Gasteiger partial charge is 0.306 e. The van der Waals surface area contributed by atoms with Crippen LogP contribution in [0.5, 0.6) is 0 Å². The Labute approximate surface area is 146 Å². The van der Waals surface area contributed by atoms with Gasteiger partial charge in [0, 0.05) is 10.0 Å². The monoisotopic (exact) mass is 348 g/mol. The Hall–Kier alpha value is -1.51. The summed E-state index contributed by atoms with van der Waals surface area (Å²) < 4.78 is 5.52. The van der Waals surface area contributed by atoms with E-state index in [-0.39, 0.29) is 18.0 Å². The first-order chi connectivity index (χ1) is 11.1. The molecule has 23 heavy (non-hydrogen) atoms. The van der Waals surface area contributed by atoms with Crippen molar-refractivity contribution in [3.63, 3.8) is 0 Å². The lowest BCUT2D eigenvalue weighted by atomic mass is 9.86. The average molecular weight is 349 g/mol. The number of rotatable bonds is 4. The molecule has 2 aromatic rings. The first kappa shape index (κ1) is 16.4. The number of ether oxygens (including phenoxy) is 1. The summed E-state index contributed by atoms with van der Waals surface area (Å²) in [6.07, 6.45) is 2.81. The minimum atomic E-state index is -0.114. The fourth-order valence-corrected chi connectivity index (χ4v) is 3.58. The van der Waals surface area contributed by atoms with Crippen LogP contribution in [0.1, 0.15) is 36.3 Å². The molecule has 0 aliphatic carbocycles. The molecular formula is C19H18Cl2O2. The normalized spacial score (nSPS) is 21.0. The molecule has 1 saturated heterocycles. The lowest BCUT2D eigenvalue weighted by Crippen LogP contribution is -2.29. The van der Waals surface area contributed by atoms with Crippen LogP contribution in [-0.2, 0) is 16.0 Å². The summed E-state index contributed by atoms with van der Waals surface area (Å²) in [4.78, 5) is 11.9. The predicted octanol–water partition coefficient (Wildman–Crippen LogP) is 5.42. The van der Waals surface area contributed by atoms with Crippen LogP contribution in [0, 0.1) is 0 Å². The average Bonchev–Trinajstić information content (AvgIpc) is 2.54. The predicted molar refractivity (Wildman–Crippen MR) is 93.1 cm³/mol. The lowest BCUT2D eigenvalue weighted by molar-refractivity contribution is -0.155. The topological polar surface area (TPSA) is 26.3 Å². The van der Waals surface area contributed by atoms with E-state index < -0.39 is 0 Å². The molecule has 1 fully saturated rings. The maximum Gasteiger partial charge on any atom is 0.306 e. The number of esters is 1. The van der Waals surface area contributed by atoms with Crippen LogP contribution in [0.25, 0.3) is 0 Å². The third-order valence-electron chi connectivity index (χ3n) is 4.28. The summed E-state index contributed by atoms with van der Waals surface area (Å²) in [5, 5.41) is 1.30. The molecule has 3 rings (SSSR count). The van der Waals surface area contributed by atoms with E-state index in [1.807, 2.05) is 30.3 Å². The Morgan fingerprint density at radius 2 is 1.87 bits per heavy atom. The van der Waals surface area contributed by atoms with Crippen molar-refractivity contribution in [1.29, 1.82) is 0 Å². The van der Waals surface area contributed by atoms with Gasteiger partial charge in [-0.1, -0.05) is 59.6 Å². The zero-order valence-corrected chi connectivity index (χ0v) is 14.2. The van der Waals surface area contributed by atoms with Gasteiger partial charge in [-0.3, -0.25) is 4.79 Å². The summed E-state index contributed by atoms with van der Waals surface area (Å²) in [7, 11) is 0. The quantitative estimate of drug-likeness (QED) is 0.690. The van der Waals surface area contributed by atoms with Gasteiger partial charge in [0.15, 0.2) is 0 Å². The molecule has 2 nitrogen and oxygen atoms in total. The van der Waals surface area contributed by atoms with Crippen molar-refractivity contribution < 1.29 is 9.53 Å². The SMILES string of the molecule is O=C1C[C@H](c2ccccc2)C[C@@H](CCc2ccc(Cl)cc2Cl)O1. The Bertz CT molecular complexity index is 685. The molecule has 0 N–H and O–H groups in total. The van der Waals surface area contributed by atoms with Gasteiger partial charge >= 0.3 is 5.97 Å². The molecule has 4 heteroatoms. The van der Waals surface area contributed by atoms with Crippen molar-refractivity contribution in [3.8, 4) is 0 Å². The third kappa shape index (κ3) is 4.27. The highest BCUT2D eigenvalue weighted by Crippen LogP contribution is 2.33. The molecule has 0 saturated carbocycles. The second-order valence-corrected chi connectivity index (χ2v) is 6.78. The molecule has 0 unspecified atom stereocenters. The molecule has 2 atom stereocenters. The second-order valence-electron chi connectivity index (χ2n) is 5.93. The number of carbonyl (C=O) groups excluding carboxylic acids is 1. The summed E-state index contributed by atoms with van der Waals surface area (Å²) >= 11 is 12.1. The van der Waals surface area contributed by atoms with Gasteiger partial charge in [-0.15, -0.1) is 0 Å². The van der Waals surface area contributed by atoms with Gasteiger partial charge in [-0.25, -0.2) is 0 Å². The number of halogens is 2. The van der Waals surface area contributed by atoms with E-state index in [2.05, 4.69) is 12.1 Å². The highest BCUT2D eigenvalue weighted by Gasteiger charge is 2.29. The minimum Gasteiger partial charge on any atom is -0.462 e. The molecule has 0 spiro atoms. The first-order valence-electron chi connectivity index (χ1n) is 7.80. The van der Waals surface area contributed by atoms with Gasteiger partial charge < -0.3 is 4.74 Å². The van der Waals surface area contributed by atoms with Gasteiger partial charge in [-0.2, -0.15) is 0 Å². The van der Waals surface area contributed by atoms with Gasteiger partial charge in [-0.05, 0) is 48.4 Å². The van der Waals surface area contributed by atoms with Crippen LogP contribution in [0.4, 0.5) is 0 Å². The fourth-order valence-electron chi connectivity index (χ4n) is 3.08. The van der Waals surface area contributed by atoms with Gasteiger partial charge in [0.1, 0.15) is 6.10 Å². The van der Waals surface area contributed by atoms with Crippen LogP contribution in [-0.4, -0.2) is 12.1 Å². The summed E-state index contributed by atoms with van der Waals surface area (Å²) in [6, 6.07) is 15.7. The number of hydrogen-bond acceptors (Lipinski definition) is 2. The Kier molecular flexibility index (Phi) is 5.24. The van der Waals surface area contributed by atoms with E-state index in [9.17, 15) is 4.79 Å². The molecule has 1 heterocycles. The number of benzene rings is 2. The second kappa shape index (κ2) is 7.37. The van der Waals surface area contributed by atoms with E-state index in [0.29, 0.717) is 16.5 Å². The molecule has 0 aromatic heterocycles. The van der Waals surface area contributed by atoms with Crippen molar-refractivity contribution >= 4 is 29.2 Å². The highest BCUT2D eigenvalue weighted by molar-refractivity contribution is 6.35. The summed E-state index contributed by atoms with van der Waals surface area (Å²) in [5.74, 6) is 0.125. The maximum atomic E-state index is 11.9. The maximum absolute atomic E-state index is 11.9. The Morgan fingerprint density at radius 3 is 2.61 bits per heavy atom. The van der Waals surface area contributed by atoms with Crippen LogP contribution < -0.4 is 0 Å². The standard InChI is InChI=1S/C19H18Cl2O2/c20-16-8-6-14(18(21)12-16)7-9-17-10-15(11-19(22)23-17)13-4-2-1-3-5-13/h1-6,8,12,15,17H,7,9-11H2/t15-,17-/m1/s1. The molecule has 0 bridgehead atoms. The lowest BCUT2D eigenvalue weighted by Gasteiger charge is -2.29. The fraction of sp³-hybridized carbons (Fsp3) is 0.316. The highest BCUT2D eigenvalue weighted by atomic mass is 35.5. The zero-order chi connectivity index (χ0) is 16.2. The number of aryl methyl sites for hydroxylation is 1. The van der Waals surface area contributed by atoms with Gasteiger partial charge in [0.2, 0.25) is 0 Å². The van der Waals surface area contributed by atoms with Crippen LogP contribution in [0.2, 0.25) is 10.0 Å². The van der Waals surface area contributed by atoms with E-state index in [1.54, 1.807) is 6.07 Å². The first-order valence-corrected chi connectivity index (χ1v) is 8.56. The molecule has 120 valence electrons. The minimum absolute atomic E-state index is 0.0619. The van der Waals surface area contributed by atoms with Crippen molar-refractivity contribution in [2.75, 3.05) is 0 Å². The zero-order valence-electron chi connectivity index (χ0n) is 12.7. The van der Waals surface area contributed by atoms with Crippen molar-refractivity contribution in [2.45, 2.75) is 37.7 Å². The van der Waals surface area contributed by atoms with Crippen LogP contribution >= 0.6 is 23.2 Å². The van der Waals surface area contributed by atoms with Crippen molar-refractivity contribution in [1.82, 2.24) is 0 Å². The summed E-state index contributed by atoms with van der Waals surface area (Å²) in [6.45, 7) is 0. The van der Waals surface area contributed by atoms with E-state index in [4.69, 9.17) is 27.9 Å². The number of hydrogen-bond donors (Lipinski definition) is 0. The third-order valence-corrected chi connectivity index (χ3v) is 4.87. The van der Waals surface area contributed by atoms with E-state index >= 15 is 0 Å². The van der Waals surface area contributed by atoms with Crippen molar-refractivity contribution in [2.24, 2.45) is 0 Å². The van der Waals surface area contributed by atoms with Gasteiger partial charge in [0.25, 0.3) is 0 Å². The van der Waals surface area contributed by atoms with Gasteiger partial charge in [0.05, 0.1) is 6.42 Å². The van der Waals surface area contributed by atoms with Crippen LogP contribution in [0.15, 0.2) is 48.5 Å². The largest absolute Gasteiger partial charge is 0.462 e. The molecular weight excluding hydrogens is 331 g/mol. The Balaban J connectivity index is 1.64. The molecule has 0 amide bonds. The number of carbonyl (C=O) groups is 1. The molecule has 1 aliphatic heterocycles. The van der Waals surface area contributed by atoms with E-state index in [0.717, 1.165) is 24.8 Å². The molecule has 1 aliphatic rings. The molecule has 0 radical (unpaired) electrons. The van der Waals surface area contributed by atoms with Crippen molar-refractivity contribution in [3.05, 3.63) is 69.7 Å².